The molecular weight excluding hydrogens is 211 g/mol. The summed E-state index contributed by atoms with van der Waals surface area (Å²) in [7, 11) is 0. The Morgan fingerprint density at radius 3 is 3.12 bits per heavy atom. The van der Waals surface area contributed by atoms with E-state index in [0.717, 1.165) is 19.5 Å². The highest BCUT2D eigenvalue weighted by molar-refractivity contribution is 5.73. The minimum absolute atomic E-state index is 0.0550. The molecule has 1 aliphatic rings. The monoisotopic (exact) mass is 222 g/mol. The maximum atomic E-state index is 13.4. The third-order valence-electron chi connectivity index (χ3n) is 2.99. The van der Waals surface area contributed by atoms with Crippen LogP contribution in [0, 0.1) is 5.82 Å². The van der Waals surface area contributed by atoms with Crippen molar-refractivity contribution in [3.63, 3.8) is 0 Å². The van der Waals surface area contributed by atoms with E-state index in [1.54, 1.807) is 16.7 Å². The number of benzene rings is 1. The fourth-order valence-corrected chi connectivity index (χ4v) is 2.23. The number of aromatic nitrogens is 1. The molecule has 0 saturated carbocycles. The second-order valence-corrected chi connectivity index (χ2v) is 3.97. The van der Waals surface area contributed by atoms with Gasteiger partial charge in [-0.2, -0.15) is 0 Å². The number of nitrogens with zero attached hydrogens (tertiary/aromatic N) is 1. The molecule has 3 rings (SSSR count). The van der Waals surface area contributed by atoms with Gasteiger partial charge in [0.05, 0.1) is 11.6 Å². The van der Waals surface area contributed by atoms with E-state index in [9.17, 15) is 9.18 Å². The predicted molar refractivity (Wildman–Crippen MR) is 57.0 cm³/mol. The Morgan fingerprint density at radius 1 is 1.50 bits per heavy atom. The maximum Gasteiger partial charge on any atom is 0.420 e. The van der Waals surface area contributed by atoms with Crippen molar-refractivity contribution in [2.24, 2.45) is 0 Å². The second kappa shape index (κ2) is 3.45. The summed E-state index contributed by atoms with van der Waals surface area (Å²) in [6.45, 7) is 1.60. The van der Waals surface area contributed by atoms with Gasteiger partial charge in [0.15, 0.2) is 11.4 Å². The number of oxazole rings is 1. The molecule has 1 unspecified atom stereocenters. The lowest BCUT2D eigenvalue weighted by atomic mass is 10.2. The zero-order valence-electron chi connectivity index (χ0n) is 8.57. The average Bonchev–Trinajstić information content (AvgIpc) is 2.85. The molecule has 2 heterocycles. The Kier molecular flexibility index (Phi) is 2.07. The van der Waals surface area contributed by atoms with Gasteiger partial charge in [-0.3, -0.25) is 4.57 Å². The molecule has 0 spiro atoms. The molecule has 4 nitrogen and oxygen atoms in total. The van der Waals surface area contributed by atoms with E-state index in [-0.39, 0.29) is 11.6 Å². The first-order chi connectivity index (χ1) is 7.77. The Balaban J connectivity index is 2.27. The zero-order chi connectivity index (χ0) is 11.1. The highest BCUT2D eigenvalue weighted by Crippen LogP contribution is 2.22. The first kappa shape index (κ1) is 9.59. The second-order valence-electron chi connectivity index (χ2n) is 3.97. The molecule has 1 N–H and O–H groups in total. The van der Waals surface area contributed by atoms with Crippen molar-refractivity contribution in [2.75, 3.05) is 13.1 Å². The van der Waals surface area contributed by atoms with Gasteiger partial charge in [0.25, 0.3) is 0 Å². The van der Waals surface area contributed by atoms with Gasteiger partial charge >= 0.3 is 5.76 Å². The summed E-state index contributed by atoms with van der Waals surface area (Å²) in [5.41, 5.74) is 0.595. The number of nitrogens with one attached hydrogen (secondary N) is 1. The molecule has 0 amide bonds. The van der Waals surface area contributed by atoms with Gasteiger partial charge in [0, 0.05) is 6.54 Å². The van der Waals surface area contributed by atoms with E-state index < -0.39 is 11.6 Å². The molecular formula is C11H11FN2O2. The smallest absolute Gasteiger partial charge is 0.405 e. The van der Waals surface area contributed by atoms with Crippen LogP contribution in [0.5, 0.6) is 0 Å². The SMILES string of the molecule is O=c1oc2c(F)cccc2n1C1CCNC1. The van der Waals surface area contributed by atoms with Gasteiger partial charge in [-0.25, -0.2) is 9.18 Å². The standard InChI is InChI=1S/C11H11FN2O2/c12-8-2-1-3-9-10(8)16-11(15)14(9)7-4-5-13-6-7/h1-3,7,13H,4-6H2. The zero-order valence-corrected chi connectivity index (χ0v) is 8.57. The normalized spacial score (nSPS) is 20.7. The van der Waals surface area contributed by atoms with Crippen LogP contribution in [0.4, 0.5) is 4.39 Å². The van der Waals surface area contributed by atoms with Crippen LogP contribution in [0.25, 0.3) is 11.1 Å². The first-order valence-electron chi connectivity index (χ1n) is 5.27. The number of rotatable bonds is 1. The lowest BCUT2D eigenvalue weighted by molar-refractivity contribution is 0.452. The van der Waals surface area contributed by atoms with Crippen LogP contribution in [0.3, 0.4) is 0 Å². The highest BCUT2D eigenvalue weighted by Gasteiger charge is 2.22. The van der Waals surface area contributed by atoms with E-state index in [2.05, 4.69) is 5.32 Å². The van der Waals surface area contributed by atoms with Gasteiger partial charge < -0.3 is 9.73 Å². The predicted octanol–water partition coefficient (Wildman–Crippen LogP) is 1.27. The van der Waals surface area contributed by atoms with E-state index in [1.165, 1.54) is 6.07 Å². The summed E-state index contributed by atoms with van der Waals surface area (Å²) in [4.78, 5) is 11.7. The van der Waals surface area contributed by atoms with Crippen molar-refractivity contribution in [3.8, 4) is 0 Å². The quantitative estimate of drug-likeness (QED) is 0.790. The van der Waals surface area contributed by atoms with E-state index in [1.807, 2.05) is 0 Å². The highest BCUT2D eigenvalue weighted by atomic mass is 19.1. The van der Waals surface area contributed by atoms with Crippen molar-refractivity contribution in [1.29, 1.82) is 0 Å². The van der Waals surface area contributed by atoms with Gasteiger partial charge in [0.2, 0.25) is 0 Å². The van der Waals surface area contributed by atoms with Crippen molar-refractivity contribution >= 4 is 11.1 Å². The lowest BCUT2D eigenvalue weighted by Crippen LogP contribution is -2.22. The van der Waals surface area contributed by atoms with Crippen LogP contribution in [0.15, 0.2) is 27.4 Å². The third kappa shape index (κ3) is 1.28. The summed E-state index contributed by atoms with van der Waals surface area (Å²) in [5.74, 6) is -0.965. The molecule has 0 radical (unpaired) electrons. The van der Waals surface area contributed by atoms with Crippen molar-refractivity contribution in [2.45, 2.75) is 12.5 Å². The minimum Gasteiger partial charge on any atom is -0.405 e. The summed E-state index contributed by atoms with van der Waals surface area (Å²) in [5, 5.41) is 3.17. The molecule has 1 aromatic carbocycles. The largest absolute Gasteiger partial charge is 0.420 e. The Hall–Kier alpha value is -1.62. The van der Waals surface area contributed by atoms with Crippen LogP contribution < -0.4 is 11.1 Å². The fourth-order valence-electron chi connectivity index (χ4n) is 2.23. The molecule has 0 aliphatic carbocycles. The summed E-state index contributed by atoms with van der Waals surface area (Å²) >= 11 is 0. The van der Waals surface area contributed by atoms with Crippen LogP contribution in [0.1, 0.15) is 12.5 Å². The van der Waals surface area contributed by atoms with Crippen LogP contribution in [0.2, 0.25) is 0 Å². The van der Waals surface area contributed by atoms with Crippen LogP contribution in [-0.4, -0.2) is 17.7 Å². The molecule has 2 aromatic rings. The number of fused-ring (bicyclic) bond motifs is 1. The molecule has 5 heteroatoms. The number of hydrogen-bond donors (Lipinski definition) is 1. The number of halogens is 1. The number of para-hydroxylation sites is 1. The lowest BCUT2D eigenvalue weighted by Gasteiger charge is -2.08. The topological polar surface area (TPSA) is 47.2 Å². The van der Waals surface area contributed by atoms with Crippen molar-refractivity contribution < 1.29 is 8.81 Å². The van der Waals surface area contributed by atoms with Crippen molar-refractivity contribution in [1.82, 2.24) is 9.88 Å². The van der Waals surface area contributed by atoms with Gasteiger partial charge in [0.1, 0.15) is 0 Å². The van der Waals surface area contributed by atoms with Gasteiger partial charge in [-0.1, -0.05) is 6.07 Å². The molecule has 0 bridgehead atoms. The third-order valence-corrected chi connectivity index (χ3v) is 2.99. The molecule has 16 heavy (non-hydrogen) atoms. The van der Waals surface area contributed by atoms with Gasteiger partial charge in [-0.05, 0) is 25.1 Å². The summed E-state index contributed by atoms with van der Waals surface area (Å²) < 4.78 is 19.9. The fraction of sp³-hybridized carbons (Fsp3) is 0.364. The Bertz CT molecular complexity index is 581. The number of hydrogen-bond acceptors (Lipinski definition) is 3. The van der Waals surface area contributed by atoms with Gasteiger partial charge in [-0.15, -0.1) is 0 Å². The van der Waals surface area contributed by atoms with Crippen molar-refractivity contribution in [3.05, 3.63) is 34.6 Å². The van der Waals surface area contributed by atoms with Crippen LogP contribution >= 0.6 is 0 Å². The molecule has 1 aromatic heterocycles. The molecule has 1 fully saturated rings. The maximum absolute atomic E-state index is 13.4. The van der Waals surface area contributed by atoms with E-state index in [4.69, 9.17) is 4.42 Å². The first-order valence-corrected chi connectivity index (χ1v) is 5.27. The van der Waals surface area contributed by atoms with E-state index >= 15 is 0 Å². The van der Waals surface area contributed by atoms with Crippen LogP contribution in [-0.2, 0) is 0 Å². The Morgan fingerprint density at radius 2 is 2.38 bits per heavy atom. The summed E-state index contributed by atoms with van der Waals surface area (Å²) in [6, 6.07) is 4.66. The summed E-state index contributed by atoms with van der Waals surface area (Å²) in [6.07, 6.45) is 0.866. The minimum atomic E-state index is -0.487. The molecule has 1 atom stereocenters. The molecule has 1 saturated heterocycles. The van der Waals surface area contributed by atoms with E-state index in [0.29, 0.717) is 5.52 Å². The molecule has 1 aliphatic heterocycles. The Labute approximate surface area is 90.7 Å². The average molecular weight is 222 g/mol. The molecule has 84 valence electrons.